The molecule has 0 bridgehead atoms. The number of aromatic carboxylic acids is 1. The van der Waals surface area contributed by atoms with Crippen LogP contribution < -0.4 is 20.0 Å². The lowest BCUT2D eigenvalue weighted by Crippen LogP contribution is -2.21. The van der Waals surface area contributed by atoms with Crippen LogP contribution >= 0.6 is 0 Å². The van der Waals surface area contributed by atoms with E-state index in [1.165, 1.54) is 24.0 Å². The second kappa shape index (κ2) is 9.70. The van der Waals surface area contributed by atoms with E-state index in [1.807, 2.05) is 42.5 Å². The molecule has 2 aromatic heterocycles. The third-order valence-corrected chi connectivity index (χ3v) is 6.26. The number of ether oxygens (including phenoxy) is 2. The molecule has 0 spiro atoms. The maximum atomic E-state index is 13.0. The standard InChI is InChI=1S/C30H24O7/c1-30(2,19-6-4-3-5-7-19)20-8-10-21(11-9-20)36-27-18-35-26-16-22(12-14-24(26)28(27)31)34-17-23-13-15-25(37-23)29(32)33/h3-16,18H,17H2,1-2H3,(H,32,33)/p-1. The third-order valence-electron chi connectivity index (χ3n) is 6.26. The average molecular weight is 496 g/mol. The van der Waals surface area contributed by atoms with Gasteiger partial charge in [0.2, 0.25) is 11.2 Å². The SMILES string of the molecule is CC(C)(c1ccccc1)c1ccc(Oc2coc3cc(OCc4ccc(C(=O)[O-])o4)ccc3c2=O)cc1. The van der Waals surface area contributed by atoms with Crippen molar-refractivity contribution in [3.8, 4) is 17.2 Å². The van der Waals surface area contributed by atoms with E-state index in [2.05, 4.69) is 26.0 Å². The van der Waals surface area contributed by atoms with Crippen LogP contribution in [0.2, 0.25) is 0 Å². The zero-order valence-corrected chi connectivity index (χ0v) is 20.2. The number of rotatable bonds is 8. The van der Waals surface area contributed by atoms with Gasteiger partial charge >= 0.3 is 0 Å². The smallest absolute Gasteiger partial charge is 0.235 e. The van der Waals surface area contributed by atoms with Crippen LogP contribution in [-0.2, 0) is 12.0 Å². The van der Waals surface area contributed by atoms with Gasteiger partial charge in [0, 0.05) is 11.5 Å². The molecule has 0 saturated heterocycles. The molecule has 5 rings (SSSR count). The Bertz CT molecular complexity index is 1610. The maximum absolute atomic E-state index is 13.0. The maximum Gasteiger partial charge on any atom is 0.235 e. The summed E-state index contributed by atoms with van der Waals surface area (Å²) in [5.41, 5.74) is 2.15. The average Bonchev–Trinajstić information content (AvgIpc) is 3.40. The van der Waals surface area contributed by atoms with Crippen molar-refractivity contribution >= 4 is 16.9 Å². The molecular formula is C30H23O7-. The lowest BCUT2D eigenvalue weighted by molar-refractivity contribution is -0.257. The number of hydrogen-bond donors (Lipinski definition) is 0. The normalized spacial score (nSPS) is 11.4. The molecule has 0 N–H and O–H groups in total. The Morgan fingerprint density at radius 3 is 2.30 bits per heavy atom. The van der Waals surface area contributed by atoms with Crippen molar-refractivity contribution in [2.45, 2.75) is 25.9 Å². The molecule has 0 saturated carbocycles. The summed E-state index contributed by atoms with van der Waals surface area (Å²) in [6.07, 6.45) is 1.27. The molecule has 2 heterocycles. The topological polar surface area (TPSA) is 102 Å². The van der Waals surface area contributed by atoms with Crippen LogP contribution in [0.3, 0.4) is 0 Å². The van der Waals surface area contributed by atoms with Crippen molar-refractivity contribution in [1.82, 2.24) is 0 Å². The Kier molecular flexibility index (Phi) is 6.27. The molecule has 186 valence electrons. The quantitative estimate of drug-likeness (QED) is 0.282. The fourth-order valence-corrected chi connectivity index (χ4v) is 4.06. The van der Waals surface area contributed by atoms with Gasteiger partial charge in [0.25, 0.3) is 0 Å². The van der Waals surface area contributed by atoms with Gasteiger partial charge < -0.3 is 28.2 Å². The van der Waals surface area contributed by atoms with Crippen molar-refractivity contribution in [3.63, 3.8) is 0 Å². The van der Waals surface area contributed by atoms with Gasteiger partial charge in [-0.15, -0.1) is 0 Å². The highest BCUT2D eigenvalue weighted by Crippen LogP contribution is 2.33. The van der Waals surface area contributed by atoms with Crippen LogP contribution in [0, 0.1) is 0 Å². The Morgan fingerprint density at radius 2 is 1.59 bits per heavy atom. The molecule has 0 aliphatic heterocycles. The van der Waals surface area contributed by atoms with Crippen molar-refractivity contribution < 1.29 is 28.2 Å². The first-order chi connectivity index (χ1) is 17.8. The van der Waals surface area contributed by atoms with Gasteiger partial charge in [-0.1, -0.05) is 56.3 Å². The second-order valence-corrected chi connectivity index (χ2v) is 9.05. The van der Waals surface area contributed by atoms with E-state index in [4.69, 9.17) is 18.3 Å². The first kappa shape index (κ1) is 23.9. The van der Waals surface area contributed by atoms with Gasteiger partial charge in [0.05, 0.1) is 5.39 Å². The molecule has 0 amide bonds. The van der Waals surface area contributed by atoms with Gasteiger partial charge in [-0.3, -0.25) is 4.79 Å². The summed E-state index contributed by atoms with van der Waals surface area (Å²) in [4.78, 5) is 23.8. The molecule has 0 aliphatic rings. The van der Waals surface area contributed by atoms with E-state index in [0.717, 1.165) is 5.56 Å². The molecule has 7 heteroatoms. The number of hydrogen-bond acceptors (Lipinski definition) is 7. The van der Waals surface area contributed by atoms with Crippen LogP contribution in [0.1, 0.15) is 41.3 Å². The van der Waals surface area contributed by atoms with E-state index < -0.39 is 5.97 Å². The van der Waals surface area contributed by atoms with Gasteiger partial charge in [0.1, 0.15) is 47.4 Å². The Balaban J connectivity index is 1.30. The highest BCUT2D eigenvalue weighted by Gasteiger charge is 2.22. The molecule has 0 aliphatic carbocycles. The summed E-state index contributed by atoms with van der Waals surface area (Å²) in [6.45, 7) is 4.32. The molecule has 0 atom stereocenters. The zero-order chi connectivity index (χ0) is 26.0. The summed E-state index contributed by atoms with van der Waals surface area (Å²) in [7, 11) is 0. The van der Waals surface area contributed by atoms with Crippen LogP contribution in [-0.4, -0.2) is 5.97 Å². The van der Waals surface area contributed by atoms with Crippen LogP contribution in [0.15, 0.2) is 105 Å². The number of carboxylic acids is 1. The van der Waals surface area contributed by atoms with Crippen molar-refractivity contribution in [3.05, 3.63) is 124 Å². The first-order valence-electron chi connectivity index (χ1n) is 11.6. The van der Waals surface area contributed by atoms with E-state index in [9.17, 15) is 14.7 Å². The fourth-order valence-electron chi connectivity index (χ4n) is 4.06. The van der Waals surface area contributed by atoms with Crippen LogP contribution in [0.25, 0.3) is 11.0 Å². The number of fused-ring (bicyclic) bond motifs is 1. The van der Waals surface area contributed by atoms with E-state index in [0.29, 0.717) is 28.2 Å². The van der Waals surface area contributed by atoms with Gasteiger partial charge in [-0.25, -0.2) is 0 Å². The van der Waals surface area contributed by atoms with Crippen LogP contribution in [0.5, 0.6) is 17.2 Å². The number of furan rings is 1. The summed E-state index contributed by atoms with van der Waals surface area (Å²) in [6, 6.07) is 25.5. The molecule has 0 fully saturated rings. The molecule has 5 aromatic rings. The lowest BCUT2D eigenvalue weighted by Gasteiger charge is -2.26. The zero-order valence-electron chi connectivity index (χ0n) is 20.2. The predicted molar refractivity (Wildman–Crippen MR) is 135 cm³/mol. The fraction of sp³-hybridized carbons (Fsp3) is 0.133. The summed E-state index contributed by atoms with van der Waals surface area (Å²) < 4.78 is 22.2. The number of carboxylic acid groups (broad SMARTS) is 1. The van der Waals surface area contributed by atoms with E-state index in [1.54, 1.807) is 18.2 Å². The first-order valence-corrected chi connectivity index (χ1v) is 11.6. The highest BCUT2D eigenvalue weighted by atomic mass is 16.5. The summed E-state index contributed by atoms with van der Waals surface area (Å²) in [5, 5.41) is 11.2. The molecule has 0 unspecified atom stereocenters. The molecular weight excluding hydrogens is 472 g/mol. The van der Waals surface area contributed by atoms with Crippen molar-refractivity contribution in [2.75, 3.05) is 0 Å². The van der Waals surface area contributed by atoms with E-state index in [-0.39, 0.29) is 29.0 Å². The van der Waals surface area contributed by atoms with Gasteiger partial charge in [-0.05, 0) is 47.5 Å². The minimum Gasteiger partial charge on any atom is -0.542 e. The third kappa shape index (κ3) is 4.97. The highest BCUT2D eigenvalue weighted by molar-refractivity contribution is 5.82. The molecule has 3 aromatic carbocycles. The van der Waals surface area contributed by atoms with Gasteiger partial charge in [0.15, 0.2) is 0 Å². The predicted octanol–water partition coefficient (Wildman–Crippen LogP) is 5.45. The minimum absolute atomic E-state index is 0.00128. The van der Waals surface area contributed by atoms with Crippen molar-refractivity contribution in [2.24, 2.45) is 0 Å². The largest absolute Gasteiger partial charge is 0.542 e. The summed E-state index contributed by atoms with van der Waals surface area (Å²) >= 11 is 0. The Hall–Kier alpha value is -4.78. The Labute approximate surface area is 212 Å². The van der Waals surface area contributed by atoms with Crippen LogP contribution in [0.4, 0.5) is 0 Å². The molecule has 0 radical (unpaired) electrons. The van der Waals surface area contributed by atoms with Gasteiger partial charge in [-0.2, -0.15) is 0 Å². The molecule has 37 heavy (non-hydrogen) atoms. The lowest BCUT2D eigenvalue weighted by atomic mass is 9.78. The number of benzene rings is 3. The Morgan fingerprint density at radius 1 is 0.892 bits per heavy atom. The number of carbonyl (C=O) groups excluding carboxylic acids is 1. The summed E-state index contributed by atoms with van der Waals surface area (Å²) in [5.74, 6) is -0.334. The monoisotopic (exact) mass is 495 g/mol. The second-order valence-electron chi connectivity index (χ2n) is 9.05. The molecule has 7 nitrogen and oxygen atoms in total. The van der Waals surface area contributed by atoms with E-state index >= 15 is 0 Å². The minimum atomic E-state index is -1.40. The number of carbonyl (C=O) groups is 1. The van der Waals surface area contributed by atoms with Crippen molar-refractivity contribution in [1.29, 1.82) is 0 Å².